The number of hydrogen-bond donors (Lipinski definition) is 2. The molecule has 5 rings (SSSR count). The van der Waals surface area contributed by atoms with E-state index in [0.717, 1.165) is 39.5 Å². The van der Waals surface area contributed by atoms with Gasteiger partial charge in [-0.1, -0.05) is 31.4 Å². The predicted molar refractivity (Wildman–Crippen MR) is 164 cm³/mol. The number of halogens is 1. The molecule has 0 amide bonds. The molecule has 208 valence electrons. The summed E-state index contributed by atoms with van der Waals surface area (Å²) in [7, 11) is 1.08. The summed E-state index contributed by atoms with van der Waals surface area (Å²) in [6.07, 6.45) is 9.69. The van der Waals surface area contributed by atoms with Crippen molar-refractivity contribution in [3.8, 4) is 0 Å². The number of fused-ring (bicyclic) bond motifs is 1. The summed E-state index contributed by atoms with van der Waals surface area (Å²) in [4.78, 5) is 11.5. The lowest BCUT2D eigenvalue weighted by molar-refractivity contribution is 0.445. The summed E-state index contributed by atoms with van der Waals surface area (Å²) < 4.78 is 24.9. The van der Waals surface area contributed by atoms with Crippen molar-refractivity contribution in [2.75, 3.05) is 35.0 Å². The Morgan fingerprint density at radius 2 is 1.79 bits per heavy atom. The van der Waals surface area contributed by atoms with Gasteiger partial charge in [0, 0.05) is 55.2 Å². The molecular weight excluding hydrogens is 532 g/mol. The Kier molecular flexibility index (Phi) is 8.71. The second-order valence-electron chi connectivity index (χ2n) is 10.4. The minimum absolute atomic E-state index is 0. The van der Waals surface area contributed by atoms with Crippen LogP contribution in [0.2, 0.25) is 0 Å². The minimum Gasteiger partial charge on any atom is -0.369 e. The fourth-order valence-corrected chi connectivity index (χ4v) is 6.02. The monoisotopic (exact) mass is 568 g/mol. The lowest BCUT2D eigenvalue weighted by atomic mass is 9.82. The summed E-state index contributed by atoms with van der Waals surface area (Å²) in [5, 5.41) is 3.38. The number of nitrogens with two attached hydrogens (primary N) is 1. The molecule has 0 saturated heterocycles. The van der Waals surface area contributed by atoms with Crippen molar-refractivity contribution in [1.29, 1.82) is 0 Å². The molecule has 0 atom stereocenters. The molecule has 4 aromatic rings. The van der Waals surface area contributed by atoms with Gasteiger partial charge in [-0.05, 0) is 61.1 Å². The van der Waals surface area contributed by atoms with Crippen LogP contribution < -0.4 is 16.0 Å². The van der Waals surface area contributed by atoms with Crippen LogP contribution >= 0.6 is 12.4 Å². The highest BCUT2D eigenvalue weighted by molar-refractivity contribution is 7.90. The molecule has 10 heteroatoms. The van der Waals surface area contributed by atoms with Crippen molar-refractivity contribution >= 4 is 62.1 Å². The number of nitrogens with one attached hydrogen (secondary N) is 1. The normalized spacial score (nSPS) is 14.2. The van der Waals surface area contributed by atoms with Crippen LogP contribution in [0.25, 0.3) is 11.0 Å². The highest BCUT2D eigenvalue weighted by atomic mass is 35.5. The maximum absolute atomic E-state index is 11.5. The third kappa shape index (κ3) is 6.47. The van der Waals surface area contributed by atoms with E-state index in [1.165, 1.54) is 43.9 Å². The second kappa shape index (κ2) is 11.8. The first-order chi connectivity index (χ1) is 18.2. The van der Waals surface area contributed by atoms with Gasteiger partial charge in [0.05, 0.1) is 16.8 Å². The van der Waals surface area contributed by atoms with Crippen LogP contribution in [-0.2, 0) is 23.3 Å². The molecule has 0 bridgehead atoms. The first kappa shape index (κ1) is 28.7. The van der Waals surface area contributed by atoms with Gasteiger partial charge in [-0.25, -0.2) is 18.4 Å². The average molecular weight is 569 g/mol. The summed E-state index contributed by atoms with van der Waals surface area (Å²) in [6, 6.07) is 16.2. The van der Waals surface area contributed by atoms with Gasteiger partial charge in [-0.15, -0.1) is 12.4 Å². The molecule has 2 aromatic carbocycles. The number of hydrogen-bond acceptors (Lipinski definition) is 7. The molecule has 0 radical (unpaired) electrons. The Morgan fingerprint density at radius 1 is 1.08 bits per heavy atom. The SMILES string of the molecule is CN(c1ccnc(Nc2ccc(CCS(C)(=O)=O)cc2)c1)c1ccc2c(nc(N)n2C)c1C1CCCCC1.Cl. The summed E-state index contributed by atoms with van der Waals surface area (Å²) in [5.41, 5.74) is 13.6. The Labute approximate surface area is 237 Å². The number of imidazole rings is 1. The van der Waals surface area contributed by atoms with Crippen LogP contribution in [0.4, 0.5) is 28.8 Å². The van der Waals surface area contributed by atoms with Gasteiger partial charge in [0.25, 0.3) is 0 Å². The van der Waals surface area contributed by atoms with Crippen LogP contribution in [-0.4, -0.2) is 42.0 Å². The van der Waals surface area contributed by atoms with Gasteiger partial charge in [-0.2, -0.15) is 0 Å². The van der Waals surface area contributed by atoms with E-state index < -0.39 is 9.84 Å². The summed E-state index contributed by atoms with van der Waals surface area (Å²) in [6.45, 7) is 0. The maximum atomic E-state index is 11.5. The molecule has 39 heavy (non-hydrogen) atoms. The topological polar surface area (TPSA) is 106 Å². The van der Waals surface area contributed by atoms with Crippen molar-refractivity contribution in [2.24, 2.45) is 7.05 Å². The molecule has 1 aliphatic carbocycles. The molecule has 2 heterocycles. The standard InChI is InChI=1S/C29H36N6O2S.ClH/c1-34(24-13-14-25-28(33-29(30)35(25)2)27(24)21-7-5-4-6-8-21)23-15-17-31-26(19-23)32-22-11-9-20(10-12-22)16-18-38(3,36)37;/h9-15,17,19,21H,4-8,16,18H2,1-3H3,(H2,30,33)(H,31,32);1H. The van der Waals surface area contributed by atoms with Crippen LogP contribution in [0.5, 0.6) is 0 Å². The quantitative estimate of drug-likeness (QED) is 0.264. The fraction of sp³-hybridized carbons (Fsp3) is 0.379. The molecule has 0 aliphatic heterocycles. The number of anilines is 5. The number of pyridine rings is 1. The Bertz CT molecular complexity index is 1550. The van der Waals surface area contributed by atoms with E-state index in [1.807, 2.05) is 54.2 Å². The number of aryl methyl sites for hydroxylation is 2. The van der Waals surface area contributed by atoms with E-state index in [1.54, 1.807) is 0 Å². The van der Waals surface area contributed by atoms with Gasteiger partial charge in [0.15, 0.2) is 0 Å². The number of benzene rings is 2. The molecule has 1 fully saturated rings. The minimum atomic E-state index is -2.98. The van der Waals surface area contributed by atoms with Gasteiger partial charge < -0.3 is 20.5 Å². The number of nitrogen functional groups attached to an aromatic ring is 1. The first-order valence-electron chi connectivity index (χ1n) is 13.2. The fourth-order valence-electron chi connectivity index (χ4n) is 5.41. The molecule has 0 unspecified atom stereocenters. The second-order valence-corrected chi connectivity index (χ2v) is 12.6. The molecule has 3 N–H and O–H groups in total. The van der Waals surface area contributed by atoms with Crippen molar-refractivity contribution < 1.29 is 8.42 Å². The maximum Gasteiger partial charge on any atom is 0.200 e. The number of aromatic nitrogens is 3. The highest BCUT2D eigenvalue weighted by Crippen LogP contribution is 2.43. The zero-order valence-electron chi connectivity index (χ0n) is 22.7. The van der Waals surface area contributed by atoms with E-state index in [2.05, 4.69) is 34.4 Å². The van der Waals surface area contributed by atoms with E-state index in [9.17, 15) is 8.42 Å². The van der Waals surface area contributed by atoms with Crippen molar-refractivity contribution in [2.45, 2.75) is 44.4 Å². The molecular formula is C29H37ClN6O2S. The number of nitrogens with zero attached hydrogens (tertiary/aromatic N) is 4. The van der Waals surface area contributed by atoms with Crippen molar-refractivity contribution in [1.82, 2.24) is 14.5 Å². The number of rotatable bonds is 8. The lowest BCUT2D eigenvalue weighted by Gasteiger charge is -2.29. The lowest BCUT2D eigenvalue weighted by Crippen LogP contribution is -2.16. The van der Waals surface area contributed by atoms with Crippen LogP contribution in [0.1, 0.15) is 49.1 Å². The van der Waals surface area contributed by atoms with E-state index in [0.29, 0.717) is 18.3 Å². The molecule has 8 nitrogen and oxygen atoms in total. The van der Waals surface area contributed by atoms with Gasteiger partial charge in [0.1, 0.15) is 15.7 Å². The van der Waals surface area contributed by atoms with E-state index >= 15 is 0 Å². The Hall–Kier alpha value is -3.30. The van der Waals surface area contributed by atoms with Crippen LogP contribution in [0, 0.1) is 0 Å². The van der Waals surface area contributed by atoms with Crippen LogP contribution in [0.3, 0.4) is 0 Å². The zero-order valence-corrected chi connectivity index (χ0v) is 24.4. The largest absolute Gasteiger partial charge is 0.369 e. The Morgan fingerprint density at radius 3 is 2.49 bits per heavy atom. The first-order valence-corrected chi connectivity index (χ1v) is 15.2. The summed E-state index contributed by atoms with van der Waals surface area (Å²) >= 11 is 0. The smallest absolute Gasteiger partial charge is 0.200 e. The predicted octanol–water partition coefficient (Wildman–Crippen LogP) is 6.12. The van der Waals surface area contributed by atoms with Crippen LogP contribution in [0.15, 0.2) is 54.7 Å². The van der Waals surface area contributed by atoms with Crippen molar-refractivity contribution in [3.63, 3.8) is 0 Å². The Balaban J connectivity index is 0.00000353. The molecule has 0 spiro atoms. The zero-order chi connectivity index (χ0) is 26.9. The molecule has 1 saturated carbocycles. The third-order valence-corrected chi connectivity index (χ3v) is 8.54. The van der Waals surface area contributed by atoms with E-state index in [-0.39, 0.29) is 18.2 Å². The van der Waals surface area contributed by atoms with Gasteiger partial charge in [-0.3, -0.25) is 0 Å². The molecule has 1 aliphatic rings. The molecule has 2 aromatic heterocycles. The van der Waals surface area contributed by atoms with E-state index in [4.69, 9.17) is 10.7 Å². The van der Waals surface area contributed by atoms with Crippen molar-refractivity contribution in [3.05, 3.63) is 65.9 Å². The third-order valence-electron chi connectivity index (χ3n) is 7.60. The average Bonchev–Trinajstić information content (AvgIpc) is 3.20. The van der Waals surface area contributed by atoms with Gasteiger partial charge in [0.2, 0.25) is 5.95 Å². The summed E-state index contributed by atoms with van der Waals surface area (Å²) in [5.74, 6) is 1.88. The highest BCUT2D eigenvalue weighted by Gasteiger charge is 2.25. The van der Waals surface area contributed by atoms with Gasteiger partial charge >= 0.3 is 0 Å². The number of sulfone groups is 1.